The average molecular weight is 339 g/mol. The van der Waals surface area contributed by atoms with Crippen LogP contribution < -0.4 is 10.1 Å². The van der Waals surface area contributed by atoms with E-state index in [-0.39, 0.29) is 11.9 Å². The van der Waals surface area contributed by atoms with Crippen molar-refractivity contribution >= 4 is 17.2 Å². The molecule has 3 aromatic rings. The smallest absolute Gasteiger partial charge is 0.255 e. The molecule has 2 heterocycles. The van der Waals surface area contributed by atoms with E-state index in [1.807, 2.05) is 31.4 Å². The SMILES string of the molecule is Cc1nc(C(C)NC(=O)c2ccccc2Oc2cccnc2)cs1. The fourth-order valence-electron chi connectivity index (χ4n) is 2.21. The van der Waals surface area contributed by atoms with Gasteiger partial charge in [0.15, 0.2) is 0 Å². The van der Waals surface area contributed by atoms with Crippen LogP contribution in [-0.2, 0) is 0 Å². The Morgan fingerprint density at radius 2 is 2.08 bits per heavy atom. The van der Waals surface area contributed by atoms with E-state index in [9.17, 15) is 4.79 Å². The number of rotatable bonds is 5. The summed E-state index contributed by atoms with van der Waals surface area (Å²) in [5.74, 6) is 0.873. The number of amides is 1. The molecule has 122 valence electrons. The van der Waals surface area contributed by atoms with E-state index in [2.05, 4.69) is 15.3 Å². The number of aromatic nitrogens is 2. The molecule has 0 aliphatic rings. The Morgan fingerprint density at radius 3 is 2.79 bits per heavy atom. The summed E-state index contributed by atoms with van der Waals surface area (Å²) in [5, 5.41) is 5.90. The lowest BCUT2D eigenvalue weighted by atomic mass is 10.1. The normalized spacial score (nSPS) is 11.8. The average Bonchev–Trinajstić information content (AvgIpc) is 3.03. The van der Waals surface area contributed by atoms with Gasteiger partial charge in [0.25, 0.3) is 5.91 Å². The summed E-state index contributed by atoms with van der Waals surface area (Å²) in [4.78, 5) is 21.0. The van der Waals surface area contributed by atoms with Gasteiger partial charge >= 0.3 is 0 Å². The van der Waals surface area contributed by atoms with Crippen LogP contribution in [0.3, 0.4) is 0 Å². The molecule has 6 heteroatoms. The van der Waals surface area contributed by atoms with Crippen LogP contribution in [0.25, 0.3) is 0 Å². The van der Waals surface area contributed by atoms with E-state index in [0.29, 0.717) is 17.1 Å². The second kappa shape index (κ2) is 7.23. The quantitative estimate of drug-likeness (QED) is 0.759. The number of nitrogens with zero attached hydrogens (tertiary/aromatic N) is 2. The summed E-state index contributed by atoms with van der Waals surface area (Å²) in [6.45, 7) is 3.86. The van der Waals surface area contributed by atoms with Crippen molar-refractivity contribution in [2.75, 3.05) is 0 Å². The zero-order valence-corrected chi connectivity index (χ0v) is 14.2. The molecule has 0 bridgehead atoms. The Balaban J connectivity index is 1.77. The molecule has 1 N–H and O–H groups in total. The Kier molecular flexibility index (Phi) is 4.86. The van der Waals surface area contributed by atoms with Gasteiger partial charge in [0, 0.05) is 11.6 Å². The molecule has 0 fully saturated rings. The Hall–Kier alpha value is -2.73. The molecule has 0 spiro atoms. The molecule has 1 aromatic carbocycles. The number of aryl methyl sites for hydroxylation is 1. The second-order valence-corrected chi connectivity index (χ2v) is 6.34. The molecule has 24 heavy (non-hydrogen) atoms. The van der Waals surface area contributed by atoms with Crippen LogP contribution >= 0.6 is 11.3 Å². The van der Waals surface area contributed by atoms with Crippen LogP contribution in [0.5, 0.6) is 11.5 Å². The number of para-hydroxylation sites is 1. The van der Waals surface area contributed by atoms with Crippen molar-refractivity contribution in [1.29, 1.82) is 0 Å². The molecule has 2 aromatic heterocycles. The molecule has 1 atom stereocenters. The summed E-state index contributed by atoms with van der Waals surface area (Å²) in [6, 6.07) is 10.5. The van der Waals surface area contributed by atoms with E-state index in [4.69, 9.17) is 4.74 Å². The fraction of sp³-hybridized carbons (Fsp3) is 0.167. The van der Waals surface area contributed by atoms with Crippen LogP contribution in [0.4, 0.5) is 0 Å². The number of thiazole rings is 1. The minimum atomic E-state index is -0.201. The minimum absolute atomic E-state index is 0.172. The van der Waals surface area contributed by atoms with Crippen LogP contribution in [0.1, 0.15) is 34.0 Å². The zero-order valence-electron chi connectivity index (χ0n) is 13.4. The molecule has 0 radical (unpaired) electrons. The minimum Gasteiger partial charge on any atom is -0.455 e. The third-order valence-electron chi connectivity index (χ3n) is 3.42. The van der Waals surface area contributed by atoms with Gasteiger partial charge in [-0.25, -0.2) is 4.98 Å². The summed E-state index contributed by atoms with van der Waals surface area (Å²) >= 11 is 1.57. The molecule has 1 unspecified atom stereocenters. The van der Waals surface area contributed by atoms with Crippen LogP contribution in [0.15, 0.2) is 54.2 Å². The summed E-state index contributed by atoms with van der Waals surface area (Å²) in [6.07, 6.45) is 3.28. The number of pyridine rings is 1. The van der Waals surface area contributed by atoms with Gasteiger partial charge in [0.05, 0.1) is 28.5 Å². The van der Waals surface area contributed by atoms with E-state index < -0.39 is 0 Å². The highest BCUT2D eigenvalue weighted by Gasteiger charge is 2.17. The maximum Gasteiger partial charge on any atom is 0.255 e. The highest BCUT2D eigenvalue weighted by molar-refractivity contribution is 7.09. The lowest BCUT2D eigenvalue weighted by Gasteiger charge is -2.14. The van der Waals surface area contributed by atoms with Crippen molar-refractivity contribution in [3.63, 3.8) is 0 Å². The molecule has 5 nitrogen and oxygen atoms in total. The number of hydrogen-bond acceptors (Lipinski definition) is 5. The van der Waals surface area contributed by atoms with Gasteiger partial charge in [-0.3, -0.25) is 9.78 Å². The molecule has 3 rings (SSSR count). The molecule has 1 amide bonds. The molecule has 0 saturated heterocycles. The first-order valence-electron chi connectivity index (χ1n) is 7.53. The number of carbonyl (C=O) groups is 1. The largest absolute Gasteiger partial charge is 0.455 e. The van der Waals surface area contributed by atoms with Crippen LogP contribution in [-0.4, -0.2) is 15.9 Å². The monoisotopic (exact) mass is 339 g/mol. The van der Waals surface area contributed by atoms with Crippen LogP contribution in [0, 0.1) is 6.92 Å². The lowest BCUT2D eigenvalue weighted by molar-refractivity contribution is 0.0937. The molecular formula is C18H17N3O2S. The standard InChI is InChI=1S/C18H17N3O2S/c1-12(16-11-24-13(2)21-16)20-18(22)15-7-3-4-8-17(15)23-14-6-5-9-19-10-14/h3-12H,1-2H3,(H,20,22). The van der Waals surface area contributed by atoms with E-state index >= 15 is 0 Å². The van der Waals surface area contributed by atoms with Crippen molar-refractivity contribution in [3.05, 3.63) is 70.4 Å². The Morgan fingerprint density at radius 1 is 1.25 bits per heavy atom. The predicted molar refractivity (Wildman–Crippen MR) is 93.5 cm³/mol. The lowest BCUT2D eigenvalue weighted by Crippen LogP contribution is -2.27. The first kappa shape index (κ1) is 16.1. The topological polar surface area (TPSA) is 64.1 Å². The van der Waals surface area contributed by atoms with E-state index in [1.54, 1.807) is 48.0 Å². The van der Waals surface area contributed by atoms with E-state index in [0.717, 1.165) is 10.7 Å². The maximum absolute atomic E-state index is 12.6. The van der Waals surface area contributed by atoms with Gasteiger partial charge in [-0.1, -0.05) is 12.1 Å². The zero-order chi connectivity index (χ0) is 16.9. The van der Waals surface area contributed by atoms with Gasteiger partial charge in [0.2, 0.25) is 0 Å². The van der Waals surface area contributed by atoms with Crippen molar-refractivity contribution in [2.45, 2.75) is 19.9 Å². The Bertz CT molecular complexity index is 833. The first-order valence-corrected chi connectivity index (χ1v) is 8.41. The Labute approximate surface area is 144 Å². The number of hydrogen-bond donors (Lipinski definition) is 1. The van der Waals surface area contributed by atoms with Crippen molar-refractivity contribution < 1.29 is 9.53 Å². The number of nitrogens with one attached hydrogen (secondary N) is 1. The summed E-state index contributed by atoms with van der Waals surface area (Å²) in [7, 11) is 0. The first-order chi connectivity index (χ1) is 11.6. The van der Waals surface area contributed by atoms with Crippen molar-refractivity contribution in [2.24, 2.45) is 0 Å². The number of benzene rings is 1. The molecule has 0 aliphatic carbocycles. The highest BCUT2D eigenvalue weighted by Crippen LogP contribution is 2.25. The third-order valence-corrected chi connectivity index (χ3v) is 4.21. The maximum atomic E-state index is 12.6. The van der Waals surface area contributed by atoms with Gasteiger partial charge in [0.1, 0.15) is 11.5 Å². The third kappa shape index (κ3) is 3.78. The molecular weight excluding hydrogens is 322 g/mol. The van der Waals surface area contributed by atoms with Gasteiger partial charge < -0.3 is 10.1 Å². The van der Waals surface area contributed by atoms with Crippen molar-refractivity contribution in [3.8, 4) is 11.5 Å². The second-order valence-electron chi connectivity index (χ2n) is 5.27. The summed E-state index contributed by atoms with van der Waals surface area (Å²) < 4.78 is 5.79. The molecule has 0 saturated carbocycles. The predicted octanol–water partition coefficient (Wildman–Crippen LogP) is 4.13. The number of carbonyl (C=O) groups excluding carboxylic acids is 1. The highest BCUT2D eigenvalue weighted by atomic mass is 32.1. The fourth-order valence-corrected chi connectivity index (χ4v) is 2.91. The van der Waals surface area contributed by atoms with Gasteiger partial charge in [-0.15, -0.1) is 11.3 Å². The summed E-state index contributed by atoms with van der Waals surface area (Å²) in [5.41, 5.74) is 1.33. The molecule has 0 aliphatic heterocycles. The number of ether oxygens (including phenoxy) is 1. The van der Waals surface area contributed by atoms with Gasteiger partial charge in [-0.05, 0) is 38.1 Å². The van der Waals surface area contributed by atoms with Gasteiger partial charge in [-0.2, -0.15) is 0 Å². The van der Waals surface area contributed by atoms with Crippen molar-refractivity contribution in [1.82, 2.24) is 15.3 Å². The van der Waals surface area contributed by atoms with Crippen LogP contribution in [0.2, 0.25) is 0 Å². The van der Waals surface area contributed by atoms with E-state index in [1.165, 1.54) is 0 Å².